The van der Waals surface area contributed by atoms with Crippen molar-refractivity contribution in [3.8, 4) is 0 Å². The van der Waals surface area contributed by atoms with Gasteiger partial charge in [-0.05, 0) is 45.4 Å². The minimum absolute atomic E-state index is 0.0292. The molecule has 4 heteroatoms. The van der Waals surface area contributed by atoms with Crippen LogP contribution in [0.4, 0.5) is 0 Å². The standard InChI is InChI=1S/C12H18N2O2/c1-8-5-6-11(16-8)9(2)14-12(15)10-4-3-7-13-10/h5-6,9-10,13H,3-4,7H2,1-2H3,(H,14,15). The SMILES string of the molecule is Cc1ccc(C(C)NC(=O)C2CCCN2)o1. The van der Waals surface area contributed by atoms with Gasteiger partial charge >= 0.3 is 0 Å². The quantitative estimate of drug-likeness (QED) is 0.815. The van der Waals surface area contributed by atoms with Crippen molar-refractivity contribution in [3.63, 3.8) is 0 Å². The third-order valence-electron chi connectivity index (χ3n) is 2.92. The molecule has 0 aliphatic carbocycles. The molecule has 0 saturated carbocycles. The van der Waals surface area contributed by atoms with Gasteiger partial charge in [0.25, 0.3) is 0 Å². The number of amides is 1. The number of aryl methyl sites for hydroxylation is 1. The average molecular weight is 222 g/mol. The Morgan fingerprint density at radius 1 is 1.62 bits per heavy atom. The van der Waals surface area contributed by atoms with Gasteiger partial charge in [-0.1, -0.05) is 0 Å². The number of carbonyl (C=O) groups is 1. The van der Waals surface area contributed by atoms with Gasteiger partial charge in [0.05, 0.1) is 12.1 Å². The Kier molecular flexibility index (Phi) is 3.29. The van der Waals surface area contributed by atoms with Gasteiger partial charge in [0.15, 0.2) is 0 Å². The third kappa shape index (κ3) is 2.44. The number of furan rings is 1. The molecular weight excluding hydrogens is 204 g/mol. The lowest BCUT2D eigenvalue weighted by atomic mass is 10.2. The molecule has 2 rings (SSSR count). The molecule has 0 bridgehead atoms. The Balaban J connectivity index is 1.91. The molecule has 1 aliphatic rings. The topological polar surface area (TPSA) is 54.3 Å². The molecule has 1 aliphatic heterocycles. The summed E-state index contributed by atoms with van der Waals surface area (Å²) in [6.07, 6.45) is 2.00. The van der Waals surface area contributed by atoms with Crippen molar-refractivity contribution >= 4 is 5.91 Å². The zero-order valence-corrected chi connectivity index (χ0v) is 9.75. The molecule has 88 valence electrons. The van der Waals surface area contributed by atoms with Gasteiger partial charge in [-0.15, -0.1) is 0 Å². The highest BCUT2D eigenvalue weighted by molar-refractivity contribution is 5.82. The van der Waals surface area contributed by atoms with Crippen molar-refractivity contribution in [1.82, 2.24) is 10.6 Å². The number of nitrogens with one attached hydrogen (secondary N) is 2. The Hall–Kier alpha value is -1.29. The fourth-order valence-electron chi connectivity index (χ4n) is 1.98. The average Bonchev–Trinajstić information content (AvgIpc) is 2.87. The third-order valence-corrected chi connectivity index (χ3v) is 2.92. The van der Waals surface area contributed by atoms with Crippen LogP contribution in [0, 0.1) is 6.92 Å². The summed E-state index contributed by atoms with van der Waals surface area (Å²) >= 11 is 0. The van der Waals surface area contributed by atoms with E-state index in [9.17, 15) is 4.79 Å². The number of hydrogen-bond donors (Lipinski definition) is 2. The largest absolute Gasteiger partial charge is 0.464 e. The van der Waals surface area contributed by atoms with Crippen molar-refractivity contribution in [2.75, 3.05) is 6.54 Å². The zero-order valence-electron chi connectivity index (χ0n) is 9.75. The first kappa shape index (κ1) is 11.2. The Labute approximate surface area is 95.4 Å². The molecule has 2 unspecified atom stereocenters. The molecule has 1 amide bonds. The molecule has 1 aromatic heterocycles. The zero-order chi connectivity index (χ0) is 11.5. The minimum atomic E-state index is -0.0661. The van der Waals surface area contributed by atoms with E-state index in [0.717, 1.165) is 30.9 Å². The molecule has 16 heavy (non-hydrogen) atoms. The van der Waals surface area contributed by atoms with E-state index in [1.807, 2.05) is 26.0 Å². The molecular formula is C12H18N2O2. The first-order valence-electron chi connectivity index (χ1n) is 5.77. The van der Waals surface area contributed by atoms with Crippen LogP contribution in [0.5, 0.6) is 0 Å². The predicted molar refractivity (Wildman–Crippen MR) is 61.0 cm³/mol. The van der Waals surface area contributed by atoms with E-state index in [1.54, 1.807) is 0 Å². The van der Waals surface area contributed by atoms with E-state index >= 15 is 0 Å². The molecule has 1 fully saturated rings. The van der Waals surface area contributed by atoms with Crippen LogP contribution in [0.1, 0.15) is 37.3 Å². The first-order chi connectivity index (χ1) is 7.66. The van der Waals surface area contributed by atoms with Crippen molar-refractivity contribution < 1.29 is 9.21 Å². The van der Waals surface area contributed by atoms with Gasteiger partial charge in [-0.25, -0.2) is 0 Å². The molecule has 2 heterocycles. The van der Waals surface area contributed by atoms with Crippen LogP contribution in [0.25, 0.3) is 0 Å². The van der Waals surface area contributed by atoms with E-state index in [4.69, 9.17) is 4.42 Å². The van der Waals surface area contributed by atoms with Gasteiger partial charge in [0.2, 0.25) is 5.91 Å². The summed E-state index contributed by atoms with van der Waals surface area (Å²) in [5, 5.41) is 6.13. The molecule has 4 nitrogen and oxygen atoms in total. The van der Waals surface area contributed by atoms with E-state index in [-0.39, 0.29) is 18.0 Å². The summed E-state index contributed by atoms with van der Waals surface area (Å²) in [6, 6.07) is 3.72. The summed E-state index contributed by atoms with van der Waals surface area (Å²) in [6.45, 7) is 4.77. The van der Waals surface area contributed by atoms with E-state index in [1.165, 1.54) is 0 Å². The van der Waals surface area contributed by atoms with E-state index in [2.05, 4.69) is 10.6 Å². The van der Waals surface area contributed by atoms with E-state index in [0.29, 0.717) is 0 Å². The number of carbonyl (C=O) groups excluding carboxylic acids is 1. The van der Waals surface area contributed by atoms with Crippen molar-refractivity contribution in [2.24, 2.45) is 0 Å². The lowest BCUT2D eigenvalue weighted by Crippen LogP contribution is -2.41. The molecule has 2 atom stereocenters. The molecule has 1 saturated heterocycles. The first-order valence-corrected chi connectivity index (χ1v) is 5.77. The van der Waals surface area contributed by atoms with Crippen LogP contribution in [-0.4, -0.2) is 18.5 Å². The summed E-state index contributed by atoms with van der Waals surface area (Å²) in [5.74, 6) is 1.75. The molecule has 1 aromatic rings. The fraction of sp³-hybridized carbons (Fsp3) is 0.583. The molecule has 2 N–H and O–H groups in total. The maximum atomic E-state index is 11.8. The monoisotopic (exact) mass is 222 g/mol. The van der Waals surface area contributed by atoms with Gasteiger partial charge in [-0.2, -0.15) is 0 Å². The van der Waals surface area contributed by atoms with Crippen LogP contribution < -0.4 is 10.6 Å². The summed E-state index contributed by atoms with van der Waals surface area (Å²) in [4.78, 5) is 11.8. The summed E-state index contributed by atoms with van der Waals surface area (Å²) in [7, 11) is 0. The predicted octanol–water partition coefficient (Wildman–Crippen LogP) is 1.52. The van der Waals surface area contributed by atoms with Crippen LogP contribution >= 0.6 is 0 Å². The maximum Gasteiger partial charge on any atom is 0.237 e. The lowest BCUT2D eigenvalue weighted by Gasteiger charge is -2.15. The second-order valence-corrected chi connectivity index (χ2v) is 4.33. The van der Waals surface area contributed by atoms with E-state index < -0.39 is 0 Å². The van der Waals surface area contributed by atoms with Crippen LogP contribution in [0.3, 0.4) is 0 Å². The maximum absolute atomic E-state index is 11.8. The minimum Gasteiger partial charge on any atom is -0.464 e. The normalized spacial score (nSPS) is 22.0. The van der Waals surface area contributed by atoms with Gasteiger partial charge in [0, 0.05) is 0 Å². The fourth-order valence-corrected chi connectivity index (χ4v) is 1.98. The molecule has 0 radical (unpaired) electrons. The highest BCUT2D eigenvalue weighted by Gasteiger charge is 2.23. The van der Waals surface area contributed by atoms with Gasteiger partial charge < -0.3 is 15.1 Å². The van der Waals surface area contributed by atoms with Crippen LogP contribution in [-0.2, 0) is 4.79 Å². The Bertz CT molecular complexity index is 367. The van der Waals surface area contributed by atoms with Crippen molar-refractivity contribution in [2.45, 2.75) is 38.8 Å². The number of rotatable bonds is 3. The second kappa shape index (κ2) is 4.70. The highest BCUT2D eigenvalue weighted by Crippen LogP contribution is 2.16. The Morgan fingerprint density at radius 3 is 3.00 bits per heavy atom. The van der Waals surface area contributed by atoms with Crippen LogP contribution in [0.15, 0.2) is 16.5 Å². The number of hydrogen-bond acceptors (Lipinski definition) is 3. The molecule has 0 spiro atoms. The van der Waals surface area contributed by atoms with Gasteiger partial charge in [-0.3, -0.25) is 4.79 Å². The Morgan fingerprint density at radius 2 is 2.44 bits per heavy atom. The van der Waals surface area contributed by atoms with Crippen molar-refractivity contribution in [1.29, 1.82) is 0 Å². The van der Waals surface area contributed by atoms with Crippen LogP contribution in [0.2, 0.25) is 0 Å². The highest BCUT2D eigenvalue weighted by atomic mass is 16.3. The summed E-state index contributed by atoms with van der Waals surface area (Å²) in [5.41, 5.74) is 0. The molecule has 0 aromatic carbocycles. The smallest absolute Gasteiger partial charge is 0.237 e. The van der Waals surface area contributed by atoms with Crippen molar-refractivity contribution in [3.05, 3.63) is 23.7 Å². The lowest BCUT2D eigenvalue weighted by molar-refractivity contribution is -0.123. The van der Waals surface area contributed by atoms with Gasteiger partial charge in [0.1, 0.15) is 11.5 Å². The summed E-state index contributed by atoms with van der Waals surface area (Å²) < 4.78 is 5.47. The second-order valence-electron chi connectivity index (χ2n) is 4.33.